The predicted octanol–water partition coefficient (Wildman–Crippen LogP) is -2.61. The molecule has 0 aliphatic carbocycles. The van der Waals surface area contributed by atoms with E-state index in [1.54, 1.807) is 0 Å². The molecule has 0 radical (unpaired) electrons. The van der Waals surface area contributed by atoms with E-state index in [0.29, 0.717) is 0 Å². The van der Waals surface area contributed by atoms with Gasteiger partial charge in [-0.05, 0) is 0 Å². The highest BCUT2D eigenvalue weighted by atomic mass is 32.2. The Hall–Kier alpha value is -0.830. The molecular weight excluding hydrogens is 236 g/mol. The molecule has 0 aromatic heterocycles. The van der Waals surface area contributed by atoms with E-state index in [9.17, 15) is 19.8 Å². The van der Waals surface area contributed by atoms with Crippen LogP contribution in [-0.2, 0) is 4.79 Å². The highest BCUT2D eigenvalue weighted by molar-refractivity contribution is 8.01. The van der Waals surface area contributed by atoms with Crippen molar-refractivity contribution < 1.29 is 24.9 Å². The number of aliphatic hydroxyl groups excluding tert-OH is 3. The van der Waals surface area contributed by atoms with E-state index in [2.05, 4.69) is 10.6 Å². The predicted molar refractivity (Wildman–Crippen MR) is 54.7 cm³/mol. The van der Waals surface area contributed by atoms with Gasteiger partial charge in [0.15, 0.2) is 0 Å². The summed E-state index contributed by atoms with van der Waals surface area (Å²) in [5.41, 5.74) is 0. The summed E-state index contributed by atoms with van der Waals surface area (Å²) in [4.78, 5) is 22.5. The number of carbonyl (C=O) groups is 2. The molecule has 0 aromatic rings. The standard InChI is InChI=1S/C8H12N2O5S/c11-1-2-4(12)5(13)3-6(16-2)7(14)10-8(15)9-3/h2-6,11-13H,1H2,(H2,9,10,14,15)/t2-,3-,4-,5-,6+/m1/s1. The first-order chi connectivity index (χ1) is 7.54. The number of imide groups is 1. The molecule has 3 amide bonds. The van der Waals surface area contributed by atoms with Crippen LogP contribution >= 0.6 is 11.8 Å². The van der Waals surface area contributed by atoms with E-state index in [4.69, 9.17) is 5.11 Å². The lowest BCUT2D eigenvalue weighted by molar-refractivity contribution is -0.122. The van der Waals surface area contributed by atoms with Crippen LogP contribution in [0.1, 0.15) is 0 Å². The molecule has 0 aromatic carbocycles. The van der Waals surface area contributed by atoms with Crippen LogP contribution in [0.4, 0.5) is 4.79 Å². The van der Waals surface area contributed by atoms with Gasteiger partial charge in [-0.25, -0.2) is 4.79 Å². The Labute approximate surface area is 95.2 Å². The minimum Gasteiger partial charge on any atom is -0.395 e. The van der Waals surface area contributed by atoms with Gasteiger partial charge in [-0.3, -0.25) is 10.1 Å². The highest BCUT2D eigenvalue weighted by Gasteiger charge is 2.49. The zero-order valence-electron chi connectivity index (χ0n) is 8.16. The molecular formula is C8H12N2O5S. The maximum atomic E-state index is 11.5. The summed E-state index contributed by atoms with van der Waals surface area (Å²) in [6.45, 7) is -0.340. The third kappa shape index (κ3) is 1.77. The summed E-state index contributed by atoms with van der Waals surface area (Å²) >= 11 is 1.05. The fourth-order valence-corrected chi connectivity index (χ4v) is 3.24. The third-order valence-electron chi connectivity index (χ3n) is 2.72. The number of hydrogen-bond donors (Lipinski definition) is 5. The molecule has 0 spiro atoms. The van der Waals surface area contributed by atoms with Gasteiger partial charge in [-0.2, -0.15) is 0 Å². The van der Waals surface area contributed by atoms with Crippen molar-refractivity contribution in [3.63, 3.8) is 0 Å². The van der Waals surface area contributed by atoms with Gasteiger partial charge in [-0.1, -0.05) is 0 Å². The Balaban J connectivity index is 2.21. The number of rotatable bonds is 1. The van der Waals surface area contributed by atoms with Gasteiger partial charge in [0.2, 0.25) is 5.91 Å². The fourth-order valence-electron chi connectivity index (χ4n) is 1.87. The highest BCUT2D eigenvalue weighted by Crippen LogP contribution is 2.33. The summed E-state index contributed by atoms with van der Waals surface area (Å²) in [6, 6.07) is -1.50. The Morgan fingerprint density at radius 1 is 1.25 bits per heavy atom. The number of urea groups is 1. The van der Waals surface area contributed by atoms with Crippen LogP contribution in [0, 0.1) is 0 Å². The quantitative estimate of drug-likeness (QED) is 0.347. The third-order valence-corrected chi connectivity index (χ3v) is 4.30. The van der Waals surface area contributed by atoms with Crippen molar-refractivity contribution in [1.29, 1.82) is 0 Å². The molecule has 2 fully saturated rings. The van der Waals surface area contributed by atoms with Gasteiger partial charge in [0, 0.05) is 0 Å². The van der Waals surface area contributed by atoms with Gasteiger partial charge in [0.1, 0.15) is 11.4 Å². The van der Waals surface area contributed by atoms with Crippen LogP contribution in [0.3, 0.4) is 0 Å². The normalized spacial score (nSPS) is 43.3. The second-order valence-corrected chi connectivity index (χ2v) is 5.13. The Morgan fingerprint density at radius 3 is 2.56 bits per heavy atom. The van der Waals surface area contributed by atoms with Crippen LogP contribution in [0.2, 0.25) is 0 Å². The fraction of sp³-hybridized carbons (Fsp3) is 0.750. The zero-order valence-corrected chi connectivity index (χ0v) is 8.98. The topological polar surface area (TPSA) is 119 Å². The molecule has 5 atom stereocenters. The van der Waals surface area contributed by atoms with Crippen molar-refractivity contribution in [2.75, 3.05) is 6.61 Å². The lowest BCUT2D eigenvalue weighted by Gasteiger charge is -2.43. The minimum absolute atomic E-state index is 0.340. The van der Waals surface area contributed by atoms with Gasteiger partial charge in [0.05, 0.1) is 24.0 Å². The summed E-state index contributed by atoms with van der Waals surface area (Å²) in [5, 5.41) is 31.5. The maximum absolute atomic E-state index is 11.5. The van der Waals surface area contributed by atoms with Crippen LogP contribution in [0.15, 0.2) is 0 Å². The molecule has 90 valence electrons. The first kappa shape index (κ1) is 11.6. The Kier molecular flexibility index (Phi) is 3.06. The molecule has 0 unspecified atom stereocenters. The molecule has 5 N–H and O–H groups in total. The van der Waals surface area contributed by atoms with E-state index >= 15 is 0 Å². The van der Waals surface area contributed by atoms with Crippen molar-refractivity contribution >= 4 is 23.7 Å². The summed E-state index contributed by atoms with van der Waals surface area (Å²) in [6.07, 6.45) is -2.42. The lowest BCUT2D eigenvalue weighted by atomic mass is 9.97. The molecule has 2 aliphatic heterocycles. The first-order valence-electron chi connectivity index (χ1n) is 4.78. The molecule has 0 saturated carbocycles. The average molecular weight is 248 g/mol. The van der Waals surface area contributed by atoms with Gasteiger partial charge >= 0.3 is 6.03 Å². The molecule has 0 bridgehead atoms. The lowest BCUT2D eigenvalue weighted by Crippen LogP contribution is -2.69. The van der Waals surface area contributed by atoms with E-state index < -0.39 is 40.7 Å². The molecule has 16 heavy (non-hydrogen) atoms. The average Bonchev–Trinajstić information content (AvgIpc) is 2.24. The molecule has 2 saturated heterocycles. The van der Waals surface area contributed by atoms with E-state index in [1.165, 1.54) is 0 Å². The molecule has 8 heteroatoms. The summed E-state index contributed by atoms with van der Waals surface area (Å²) in [5.74, 6) is -0.511. The van der Waals surface area contributed by atoms with Crippen molar-refractivity contribution in [2.24, 2.45) is 0 Å². The van der Waals surface area contributed by atoms with Gasteiger partial charge in [0.25, 0.3) is 0 Å². The van der Waals surface area contributed by atoms with Crippen molar-refractivity contribution in [1.82, 2.24) is 10.6 Å². The largest absolute Gasteiger partial charge is 0.395 e. The van der Waals surface area contributed by atoms with Crippen LogP contribution in [0.25, 0.3) is 0 Å². The van der Waals surface area contributed by atoms with Crippen molar-refractivity contribution in [3.8, 4) is 0 Å². The molecule has 2 rings (SSSR count). The SMILES string of the molecule is O=C1NC(=O)[C@H]2S[C@H](CO)[C@@H](O)[C@H](O)[C@H]2N1. The smallest absolute Gasteiger partial charge is 0.321 e. The summed E-state index contributed by atoms with van der Waals surface area (Å²) < 4.78 is 0. The van der Waals surface area contributed by atoms with E-state index in [1.807, 2.05) is 0 Å². The van der Waals surface area contributed by atoms with Crippen LogP contribution < -0.4 is 10.6 Å². The molecule has 2 aliphatic rings. The van der Waals surface area contributed by atoms with Gasteiger partial charge < -0.3 is 20.6 Å². The second-order valence-electron chi connectivity index (χ2n) is 3.75. The second kappa shape index (κ2) is 4.21. The first-order valence-corrected chi connectivity index (χ1v) is 5.72. The number of aliphatic hydroxyl groups is 3. The van der Waals surface area contributed by atoms with E-state index in [-0.39, 0.29) is 6.61 Å². The monoisotopic (exact) mass is 248 g/mol. The van der Waals surface area contributed by atoms with E-state index in [0.717, 1.165) is 11.8 Å². The van der Waals surface area contributed by atoms with Gasteiger partial charge in [-0.15, -0.1) is 11.8 Å². The zero-order chi connectivity index (χ0) is 11.9. The molecule has 7 nitrogen and oxygen atoms in total. The molecule has 2 heterocycles. The number of fused-ring (bicyclic) bond motifs is 1. The Bertz CT molecular complexity index is 326. The Morgan fingerprint density at radius 2 is 1.94 bits per heavy atom. The number of carbonyl (C=O) groups excluding carboxylic acids is 2. The number of hydrogen-bond acceptors (Lipinski definition) is 6. The maximum Gasteiger partial charge on any atom is 0.321 e. The number of amides is 3. The summed E-state index contributed by atoms with van der Waals surface area (Å²) in [7, 11) is 0. The van der Waals surface area contributed by atoms with Crippen LogP contribution in [-0.4, -0.2) is 62.6 Å². The van der Waals surface area contributed by atoms with Crippen LogP contribution in [0.5, 0.6) is 0 Å². The van der Waals surface area contributed by atoms with Crippen molar-refractivity contribution in [2.45, 2.75) is 28.7 Å². The number of nitrogens with one attached hydrogen (secondary N) is 2. The minimum atomic E-state index is -1.25. The number of thioether (sulfide) groups is 1. The van der Waals surface area contributed by atoms with Crippen molar-refractivity contribution in [3.05, 3.63) is 0 Å².